The van der Waals surface area contributed by atoms with Crippen molar-refractivity contribution in [1.82, 2.24) is 9.88 Å². The molecular weight excluding hydrogens is 526 g/mol. The highest BCUT2D eigenvalue weighted by Gasteiger charge is 2.34. The minimum atomic E-state index is -0.0751. The van der Waals surface area contributed by atoms with E-state index in [0.717, 1.165) is 79.5 Å². The second-order valence-electron chi connectivity index (χ2n) is 11.7. The Balaban J connectivity index is 1.27. The van der Waals surface area contributed by atoms with Crippen molar-refractivity contribution in [3.63, 3.8) is 0 Å². The molecule has 1 saturated heterocycles. The summed E-state index contributed by atoms with van der Waals surface area (Å²) in [5.41, 5.74) is 4.16. The van der Waals surface area contributed by atoms with E-state index < -0.39 is 0 Å². The Labute approximate surface area is 240 Å². The first kappa shape index (κ1) is 27.3. The van der Waals surface area contributed by atoms with E-state index in [1.54, 1.807) is 18.3 Å². The molecule has 1 aromatic heterocycles. The van der Waals surface area contributed by atoms with Gasteiger partial charge < -0.3 is 24.8 Å². The van der Waals surface area contributed by atoms with Crippen LogP contribution in [0.2, 0.25) is 5.02 Å². The second-order valence-corrected chi connectivity index (χ2v) is 12.1. The van der Waals surface area contributed by atoms with Gasteiger partial charge >= 0.3 is 0 Å². The molecule has 2 heterocycles. The van der Waals surface area contributed by atoms with Gasteiger partial charge in [0.2, 0.25) is 0 Å². The van der Waals surface area contributed by atoms with Crippen LogP contribution in [0.15, 0.2) is 36.5 Å². The van der Waals surface area contributed by atoms with E-state index >= 15 is 0 Å². The molecule has 0 bridgehead atoms. The number of halogens is 1. The highest BCUT2D eigenvalue weighted by atomic mass is 35.5. The number of phenols is 1. The molecule has 2 aliphatic carbocycles. The van der Waals surface area contributed by atoms with Crippen LogP contribution >= 0.6 is 11.6 Å². The standard InChI is InChI=1S/C32H38ClN3O4/c1-39-24-11-12-36(18-24)17-19-3-8-23(9-4-19)35-30-25-13-21(22-14-27(33)32(38)29(15-22)40-2)7-10-28(25)34-16-26(30)31(37)20-5-6-20/h7,10,13-16,19-20,23-24,38H,3-6,8-9,11-12,17-18H2,1-2H3,(H,34,35). The minimum absolute atomic E-state index is 0.0751. The maximum Gasteiger partial charge on any atom is 0.176 e. The molecule has 3 fully saturated rings. The van der Waals surface area contributed by atoms with Crippen LogP contribution in [0, 0.1) is 11.8 Å². The topological polar surface area (TPSA) is 83.9 Å². The van der Waals surface area contributed by atoms with E-state index in [1.807, 2.05) is 19.2 Å². The predicted octanol–water partition coefficient (Wildman–Crippen LogP) is 6.55. The van der Waals surface area contributed by atoms with Gasteiger partial charge in [-0.05, 0) is 86.3 Å². The average Bonchev–Trinajstić information content (AvgIpc) is 3.73. The number of ether oxygens (including phenoxy) is 2. The summed E-state index contributed by atoms with van der Waals surface area (Å²) in [5.74, 6) is 1.24. The lowest BCUT2D eigenvalue weighted by atomic mass is 9.85. The fourth-order valence-corrected chi connectivity index (χ4v) is 6.60. The number of rotatable bonds is 9. The number of carbonyl (C=O) groups is 1. The molecule has 2 N–H and O–H groups in total. The van der Waals surface area contributed by atoms with Gasteiger partial charge in [0.1, 0.15) is 0 Å². The van der Waals surface area contributed by atoms with Crippen LogP contribution in [-0.4, -0.2) is 66.8 Å². The number of ketones is 1. The number of aromatic hydroxyl groups is 1. The Morgan fingerprint density at radius 3 is 2.58 bits per heavy atom. The number of anilines is 1. The lowest BCUT2D eigenvalue weighted by Crippen LogP contribution is -2.34. The zero-order chi connectivity index (χ0) is 27.8. The summed E-state index contributed by atoms with van der Waals surface area (Å²) in [6.45, 7) is 3.33. The van der Waals surface area contributed by atoms with Crippen molar-refractivity contribution < 1.29 is 19.4 Å². The van der Waals surface area contributed by atoms with Crippen molar-refractivity contribution in [2.24, 2.45) is 11.8 Å². The molecule has 0 amide bonds. The molecule has 8 heteroatoms. The molecule has 1 aliphatic heterocycles. The number of phenolic OH excluding ortho intramolecular Hbond substituents is 1. The minimum Gasteiger partial charge on any atom is -0.503 e. The number of nitrogens with zero attached hydrogens (tertiary/aromatic N) is 2. The highest BCUT2D eigenvalue weighted by molar-refractivity contribution is 6.32. The number of fused-ring (bicyclic) bond motifs is 1. The van der Waals surface area contributed by atoms with Crippen molar-refractivity contribution in [2.75, 3.05) is 39.2 Å². The molecule has 0 spiro atoms. The predicted molar refractivity (Wildman–Crippen MR) is 159 cm³/mol. The largest absolute Gasteiger partial charge is 0.503 e. The molecule has 1 atom stereocenters. The molecule has 0 radical (unpaired) electrons. The molecule has 212 valence electrons. The van der Waals surface area contributed by atoms with E-state index in [9.17, 15) is 9.90 Å². The van der Waals surface area contributed by atoms with E-state index in [4.69, 9.17) is 21.1 Å². The van der Waals surface area contributed by atoms with Crippen molar-refractivity contribution in [3.8, 4) is 22.6 Å². The van der Waals surface area contributed by atoms with Gasteiger partial charge in [0, 0.05) is 50.3 Å². The number of benzene rings is 2. The van der Waals surface area contributed by atoms with Gasteiger partial charge in [0.25, 0.3) is 0 Å². The zero-order valence-corrected chi connectivity index (χ0v) is 24.0. The maximum atomic E-state index is 13.4. The monoisotopic (exact) mass is 563 g/mol. The van der Waals surface area contributed by atoms with E-state index in [1.165, 1.54) is 20.0 Å². The SMILES string of the molecule is COc1cc(-c2ccc3ncc(C(=O)C4CC4)c(NC4CCC(CN5CCC(OC)C5)CC4)c3c2)cc(Cl)c1O. The third-order valence-electron chi connectivity index (χ3n) is 8.94. The summed E-state index contributed by atoms with van der Waals surface area (Å²) in [6, 6.07) is 9.86. The lowest BCUT2D eigenvalue weighted by molar-refractivity contribution is 0.0968. The molecule has 1 unspecified atom stereocenters. The quantitative estimate of drug-likeness (QED) is 0.285. The molecule has 6 rings (SSSR count). The second kappa shape index (κ2) is 11.6. The van der Waals surface area contributed by atoms with Crippen molar-refractivity contribution in [2.45, 2.75) is 57.1 Å². The van der Waals surface area contributed by atoms with Gasteiger partial charge in [-0.3, -0.25) is 9.78 Å². The number of hydrogen-bond donors (Lipinski definition) is 2. The smallest absolute Gasteiger partial charge is 0.176 e. The molecule has 3 aliphatic rings. The summed E-state index contributed by atoms with van der Waals surface area (Å²) >= 11 is 6.31. The molecule has 3 aromatic rings. The Hall–Kier alpha value is -2.87. The third kappa shape index (κ3) is 5.65. The lowest BCUT2D eigenvalue weighted by Gasteiger charge is -2.32. The van der Waals surface area contributed by atoms with E-state index in [-0.39, 0.29) is 22.5 Å². The van der Waals surface area contributed by atoms with E-state index in [2.05, 4.69) is 21.3 Å². The van der Waals surface area contributed by atoms with Crippen LogP contribution in [-0.2, 0) is 4.74 Å². The number of methoxy groups -OCH3 is 2. The van der Waals surface area contributed by atoms with Gasteiger partial charge in [-0.2, -0.15) is 0 Å². The Morgan fingerprint density at radius 1 is 1.07 bits per heavy atom. The fraction of sp³-hybridized carbons (Fsp3) is 0.500. The normalized spacial score (nSPS) is 23.4. The van der Waals surface area contributed by atoms with Crippen LogP contribution in [0.25, 0.3) is 22.0 Å². The summed E-state index contributed by atoms with van der Waals surface area (Å²) in [6.07, 6.45) is 9.69. The third-order valence-corrected chi connectivity index (χ3v) is 9.23. The number of aromatic nitrogens is 1. The van der Waals surface area contributed by atoms with Crippen LogP contribution in [0.1, 0.15) is 55.3 Å². The summed E-state index contributed by atoms with van der Waals surface area (Å²) < 4.78 is 10.9. The summed E-state index contributed by atoms with van der Waals surface area (Å²) in [7, 11) is 3.32. The van der Waals surface area contributed by atoms with Crippen molar-refractivity contribution in [1.29, 1.82) is 0 Å². The first-order valence-electron chi connectivity index (χ1n) is 14.5. The van der Waals surface area contributed by atoms with Gasteiger partial charge in [0.05, 0.1) is 35.0 Å². The Kier molecular flexibility index (Phi) is 7.89. The van der Waals surface area contributed by atoms with Gasteiger partial charge in [-0.1, -0.05) is 17.7 Å². The zero-order valence-electron chi connectivity index (χ0n) is 23.3. The fourth-order valence-electron chi connectivity index (χ4n) is 6.39. The number of Topliss-reactive ketones (excluding diaryl/α,β-unsaturated/α-hetero) is 1. The van der Waals surface area contributed by atoms with Gasteiger partial charge in [-0.25, -0.2) is 0 Å². The van der Waals surface area contributed by atoms with Gasteiger partial charge in [0.15, 0.2) is 17.3 Å². The number of hydrogen-bond acceptors (Lipinski definition) is 7. The van der Waals surface area contributed by atoms with Crippen molar-refractivity contribution >= 4 is 34.0 Å². The molecule has 7 nitrogen and oxygen atoms in total. The van der Waals surface area contributed by atoms with Crippen molar-refractivity contribution in [3.05, 3.63) is 47.1 Å². The summed E-state index contributed by atoms with van der Waals surface area (Å²) in [4.78, 5) is 20.6. The van der Waals surface area contributed by atoms with Gasteiger partial charge in [-0.15, -0.1) is 0 Å². The van der Waals surface area contributed by atoms with E-state index in [0.29, 0.717) is 29.4 Å². The van der Waals surface area contributed by atoms with Crippen LogP contribution in [0.4, 0.5) is 5.69 Å². The summed E-state index contributed by atoms with van der Waals surface area (Å²) in [5, 5.41) is 15.2. The number of carbonyl (C=O) groups excluding carboxylic acids is 1. The Bertz CT molecular complexity index is 1400. The van der Waals surface area contributed by atoms with Crippen LogP contribution in [0.3, 0.4) is 0 Å². The maximum absolute atomic E-state index is 13.4. The Morgan fingerprint density at radius 2 is 1.88 bits per heavy atom. The molecule has 40 heavy (non-hydrogen) atoms. The first-order chi connectivity index (χ1) is 19.4. The molecule has 2 aromatic carbocycles. The number of pyridine rings is 1. The number of nitrogens with one attached hydrogen (secondary N) is 1. The molecule has 2 saturated carbocycles. The number of likely N-dealkylation sites (tertiary alicyclic amines) is 1. The highest BCUT2D eigenvalue weighted by Crippen LogP contribution is 2.41. The average molecular weight is 564 g/mol. The first-order valence-corrected chi connectivity index (χ1v) is 14.9. The molecular formula is C32H38ClN3O4. The van der Waals surface area contributed by atoms with Crippen LogP contribution < -0.4 is 10.1 Å². The van der Waals surface area contributed by atoms with Crippen LogP contribution in [0.5, 0.6) is 11.5 Å².